The fourth-order valence-electron chi connectivity index (χ4n) is 2.12. The average molecular weight is 277 g/mol. The number of hydrogen-bond acceptors (Lipinski definition) is 4. The zero-order valence-electron chi connectivity index (χ0n) is 12.1. The first-order chi connectivity index (χ1) is 9.45. The first kappa shape index (κ1) is 14.3. The third-order valence-corrected chi connectivity index (χ3v) is 3.38. The molecule has 1 heterocycles. The number of carbonyl (C=O) groups excluding carboxylic acids is 2. The van der Waals surface area contributed by atoms with Crippen LogP contribution in [0.15, 0.2) is 18.2 Å². The molecular formula is C14H19N3O3. The van der Waals surface area contributed by atoms with Crippen molar-refractivity contribution in [2.75, 3.05) is 37.5 Å². The van der Waals surface area contributed by atoms with Crippen LogP contribution in [0.2, 0.25) is 0 Å². The molecule has 0 saturated carbocycles. The molecule has 0 radical (unpaired) electrons. The summed E-state index contributed by atoms with van der Waals surface area (Å²) in [5.41, 5.74) is 1.40. The van der Waals surface area contributed by atoms with E-state index >= 15 is 0 Å². The van der Waals surface area contributed by atoms with Crippen molar-refractivity contribution in [2.45, 2.75) is 13.0 Å². The van der Waals surface area contributed by atoms with E-state index in [1.165, 1.54) is 0 Å². The monoisotopic (exact) mass is 277 g/mol. The van der Waals surface area contributed by atoms with Gasteiger partial charge in [-0.05, 0) is 32.2 Å². The lowest BCUT2D eigenvalue weighted by Crippen LogP contribution is -2.42. The zero-order valence-corrected chi connectivity index (χ0v) is 12.1. The summed E-state index contributed by atoms with van der Waals surface area (Å²) in [5, 5.41) is 2.82. The number of anilines is 2. The molecular weight excluding hydrogens is 258 g/mol. The molecule has 20 heavy (non-hydrogen) atoms. The molecule has 0 saturated heterocycles. The second-order valence-corrected chi connectivity index (χ2v) is 4.79. The van der Waals surface area contributed by atoms with Gasteiger partial charge in [-0.1, -0.05) is 0 Å². The van der Waals surface area contributed by atoms with E-state index in [0.717, 1.165) is 5.69 Å². The first-order valence-corrected chi connectivity index (χ1v) is 6.45. The Balaban J connectivity index is 2.32. The summed E-state index contributed by atoms with van der Waals surface area (Å²) in [6, 6.07) is 5.38. The number of benzene rings is 1. The summed E-state index contributed by atoms with van der Waals surface area (Å²) < 4.78 is 5.55. The third-order valence-electron chi connectivity index (χ3n) is 3.38. The van der Waals surface area contributed by atoms with Crippen molar-refractivity contribution in [2.24, 2.45) is 0 Å². The number of nitrogens with zero attached hydrogens (tertiary/aromatic N) is 2. The summed E-state index contributed by atoms with van der Waals surface area (Å²) in [7, 11) is 5.13. The predicted molar refractivity (Wildman–Crippen MR) is 77.3 cm³/mol. The maximum absolute atomic E-state index is 11.9. The van der Waals surface area contributed by atoms with Crippen molar-refractivity contribution in [3.8, 4) is 5.75 Å². The Kier molecular flexibility index (Phi) is 3.94. The standard InChI is InChI=1S/C14H19N3O3/c1-9-14(19)17(4)11-7-10(5-6-12(11)20-9)16(3)13(18)8-15-2/h5-7,9,15H,8H2,1-4H3. The molecule has 0 bridgehead atoms. The minimum absolute atomic E-state index is 0.0495. The number of amides is 2. The van der Waals surface area contributed by atoms with Gasteiger partial charge in [-0.3, -0.25) is 9.59 Å². The molecule has 1 N–H and O–H groups in total. The fourth-order valence-corrected chi connectivity index (χ4v) is 2.12. The van der Waals surface area contributed by atoms with Crippen molar-refractivity contribution in [3.63, 3.8) is 0 Å². The molecule has 0 fully saturated rings. The van der Waals surface area contributed by atoms with E-state index in [1.807, 2.05) is 6.07 Å². The molecule has 0 aliphatic carbocycles. The Hall–Kier alpha value is -2.08. The van der Waals surface area contributed by atoms with E-state index in [-0.39, 0.29) is 18.4 Å². The van der Waals surface area contributed by atoms with Crippen molar-refractivity contribution in [3.05, 3.63) is 18.2 Å². The van der Waals surface area contributed by atoms with Crippen LogP contribution in [0.5, 0.6) is 5.75 Å². The normalized spacial score (nSPS) is 17.5. The van der Waals surface area contributed by atoms with Gasteiger partial charge in [0.05, 0.1) is 12.2 Å². The summed E-state index contributed by atoms with van der Waals surface area (Å²) in [6.07, 6.45) is -0.484. The molecule has 1 aliphatic heterocycles. The highest BCUT2D eigenvalue weighted by atomic mass is 16.5. The number of carbonyl (C=O) groups is 2. The van der Waals surface area contributed by atoms with Gasteiger partial charge < -0.3 is 19.9 Å². The topological polar surface area (TPSA) is 61.9 Å². The number of fused-ring (bicyclic) bond motifs is 1. The van der Waals surface area contributed by atoms with E-state index in [9.17, 15) is 9.59 Å². The van der Waals surface area contributed by atoms with Gasteiger partial charge in [0.15, 0.2) is 6.10 Å². The SMILES string of the molecule is CNCC(=O)N(C)c1ccc2c(c1)N(C)C(=O)C(C)O2. The van der Waals surface area contributed by atoms with Crippen molar-refractivity contribution in [1.29, 1.82) is 0 Å². The zero-order chi connectivity index (χ0) is 14.9. The lowest BCUT2D eigenvalue weighted by molar-refractivity contribution is -0.125. The van der Waals surface area contributed by atoms with Crippen molar-refractivity contribution < 1.29 is 14.3 Å². The van der Waals surface area contributed by atoms with E-state index < -0.39 is 6.10 Å². The molecule has 0 aromatic heterocycles. The minimum Gasteiger partial charge on any atom is -0.479 e. The fraction of sp³-hybridized carbons (Fsp3) is 0.429. The van der Waals surface area contributed by atoms with Gasteiger partial charge in [-0.2, -0.15) is 0 Å². The minimum atomic E-state index is -0.484. The highest BCUT2D eigenvalue weighted by molar-refractivity contribution is 6.01. The van der Waals surface area contributed by atoms with Crippen LogP contribution in [-0.2, 0) is 9.59 Å². The molecule has 1 aliphatic rings. The Morgan fingerprint density at radius 2 is 2.20 bits per heavy atom. The third kappa shape index (κ3) is 2.46. The van der Waals surface area contributed by atoms with Crippen molar-refractivity contribution >= 4 is 23.2 Å². The molecule has 2 rings (SSSR count). The number of nitrogens with one attached hydrogen (secondary N) is 1. The van der Waals surface area contributed by atoms with Gasteiger partial charge in [0.2, 0.25) is 5.91 Å². The molecule has 1 atom stereocenters. The molecule has 6 nitrogen and oxygen atoms in total. The number of rotatable bonds is 3. The molecule has 1 aromatic carbocycles. The average Bonchev–Trinajstić information content (AvgIpc) is 2.44. The molecule has 1 aromatic rings. The summed E-state index contributed by atoms with van der Waals surface area (Å²) >= 11 is 0. The van der Waals surface area contributed by atoms with Gasteiger partial charge in [0, 0.05) is 19.8 Å². The van der Waals surface area contributed by atoms with Crippen LogP contribution >= 0.6 is 0 Å². The summed E-state index contributed by atoms with van der Waals surface area (Å²) in [5.74, 6) is 0.503. The van der Waals surface area contributed by atoms with Gasteiger partial charge in [0.1, 0.15) is 5.75 Å². The van der Waals surface area contributed by atoms with Gasteiger partial charge >= 0.3 is 0 Å². The van der Waals surface area contributed by atoms with Crippen LogP contribution in [0.1, 0.15) is 6.92 Å². The van der Waals surface area contributed by atoms with Crippen LogP contribution in [0.4, 0.5) is 11.4 Å². The summed E-state index contributed by atoms with van der Waals surface area (Å²) in [6.45, 7) is 1.98. The van der Waals surface area contributed by atoms with Crippen LogP contribution in [0.25, 0.3) is 0 Å². The largest absolute Gasteiger partial charge is 0.479 e. The van der Waals surface area contributed by atoms with E-state index in [4.69, 9.17) is 4.74 Å². The van der Waals surface area contributed by atoms with Gasteiger partial charge in [0.25, 0.3) is 5.91 Å². The lowest BCUT2D eigenvalue weighted by atomic mass is 10.1. The molecule has 108 valence electrons. The van der Waals surface area contributed by atoms with E-state index in [1.54, 1.807) is 50.0 Å². The Labute approximate surface area is 118 Å². The highest BCUT2D eigenvalue weighted by Crippen LogP contribution is 2.36. The highest BCUT2D eigenvalue weighted by Gasteiger charge is 2.29. The van der Waals surface area contributed by atoms with E-state index in [2.05, 4.69) is 5.32 Å². The van der Waals surface area contributed by atoms with Crippen LogP contribution < -0.4 is 19.9 Å². The van der Waals surface area contributed by atoms with Crippen LogP contribution in [0, 0.1) is 0 Å². The number of ether oxygens (including phenoxy) is 1. The summed E-state index contributed by atoms with van der Waals surface area (Å²) in [4.78, 5) is 26.9. The molecule has 6 heteroatoms. The second-order valence-electron chi connectivity index (χ2n) is 4.79. The molecule has 0 spiro atoms. The Bertz CT molecular complexity index is 544. The van der Waals surface area contributed by atoms with Crippen molar-refractivity contribution in [1.82, 2.24) is 5.32 Å². The first-order valence-electron chi connectivity index (χ1n) is 6.45. The maximum Gasteiger partial charge on any atom is 0.267 e. The molecule has 2 amide bonds. The smallest absolute Gasteiger partial charge is 0.267 e. The Morgan fingerprint density at radius 3 is 2.85 bits per heavy atom. The van der Waals surface area contributed by atoms with Crippen LogP contribution in [-0.4, -0.2) is 45.6 Å². The predicted octanol–water partition coefficient (Wildman–Crippen LogP) is 0.612. The van der Waals surface area contributed by atoms with E-state index in [0.29, 0.717) is 11.4 Å². The van der Waals surface area contributed by atoms with Gasteiger partial charge in [-0.15, -0.1) is 0 Å². The maximum atomic E-state index is 11.9. The Morgan fingerprint density at radius 1 is 1.50 bits per heavy atom. The van der Waals surface area contributed by atoms with Gasteiger partial charge in [-0.25, -0.2) is 0 Å². The molecule has 1 unspecified atom stereocenters. The van der Waals surface area contributed by atoms with Crippen LogP contribution in [0.3, 0.4) is 0 Å². The second kappa shape index (κ2) is 5.50. The number of hydrogen-bond donors (Lipinski definition) is 1. The quantitative estimate of drug-likeness (QED) is 0.879. The number of likely N-dealkylation sites (N-methyl/N-ethyl adjacent to an activating group) is 3. The lowest BCUT2D eigenvalue weighted by Gasteiger charge is -2.31.